The Labute approximate surface area is 187 Å². The zero-order valence-corrected chi connectivity index (χ0v) is 18.8. The maximum Gasteiger partial charge on any atom is 0.230 e. The van der Waals surface area contributed by atoms with Crippen molar-refractivity contribution in [1.82, 2.24) is 25.1 Å². The molecule has 2 heterocycles. The molecule has 0 saturated heterocycles. The number of carbonyl (C=O) groups excluding carboxylic acids is 1. The molecule has 1 saturated carbocycles. The van der Waals surface area contributed by atoms with Gasteiger partial charge in [-0.1, -0.05) is 62.1 Å². The summed E-state index contributed by atoms with van der Waals surface area (Å²) in [6.07, 6.45) is 12.0. The molecule has 1 aliphatic rings. The Morgan fingerprint density at radius 1 is 1.03 bits per heavy atom. The fraction of sp³-hybridized carbons (Fsp3) is 0.417. The number of benzene rings is 1. The summed E-state index contributed by atoms with van der Waals surface area (Å²) in [5, 5.41) is 12.8. The number of aryl methyl sites for hydroxylation is 1. The van der Waals surface area contributed by atoms with Crippen LogP contribution in [0.15, 0.2) is 53.9 Å². The van der Waals surface area contributed by atoms with Crippen LogP contribution in [0.4, 0.5) is 0 Å². The molecule has 1 aliphatic carbocycles. The Hall–Kier alpha value is -2.67. The van der Waals surface area contributed by atoms with Crippen LogP contribution < -0.4 is 5.32 Å². The summed E-state index contributed by atoms with van der Waals surface area (Å²) in [6.45, 7) is 2.07. The third-order valence-corrected chi connectivity index (χ3v) is 6.66. The molecule has 1 fully saturated rings. The SMILES string of the molecule is Cc1ccccc1-n1c(SCC(=O)NC2CCCCCCC2)nnc1-c1ccncc1. The molecule has 6 nitrogen and oxygen atoms in total. The number of aromatic nitrogens is 4. The van der Waals surface area contributed by atoms with Crippen LogP contribution in [0, 0.1) is 6.92 Å². The largest absolute Gasteiger partial charge is 0.353 e. The zero-order chi connectivity index (χ0) is 21.5. The van der Waals surface area contributed by atoms with Crippen molar-refractivity contribution in [3.8, 4) is 17.1 Å². The Morgan fingerprint density at radius 3 is 2.48 bits per heavy atom. The number of nitrogens with zero attached hydrogens (tertiary/aromatic N) is 4. The Balaban J connectivity index is 1.52. The number of para-hydroxylation sites is 1. The molecule has 0 bridgehead atoms. The molecule has 4 rings (SSSR count). The van der Waals surface area contributed by atoms with E-state index in [2.05, 4.69) is 39.6 Å². The van der Waals surface area contributed by atoms with Gasteiger partial charge in [-0.05, 0) is 43.5 Å². The van der Waals surface area contributed by atoms with Gasteiger partial charge in [0.2, 0.25) is 5.91 Å². The summed E-state index contributed by atoms with van der Waals surface area (Å²) in [5.41, 5.74) is 3.08. The second kappa shape index (κ2) is 10.6. The van der Waals surface area contributed by atoms with E-state index in [1.165, 1.54) is 43.9 Å². The van der Waals surface area contributed by atoms with Crippen LogP contribution in [0.2, 0.25) is 0 Å². The van der Waals surface area contributed by atoms with Crippen LogP contribution >= 0.6 is 11.8 Å². The third-order valence-electron chi connectivity index (χ3n) is 5.73. The van der Waals surface area contributed by atoms with E-state index >= 15 is 0 Å². The quantitative estimate of drug-likeness (QED) is 0.554. The lowest BCUT2D eigenvalue weighted by Crippen LogP contribution is -2.36. The molecule has 162 valence electrons. The number of nitrogens with one attached hydrogen (secondary N) is 1. The molecule has 1 aromatic carbocycles. The Kier molecular flexibility index (Phi) is 7.35. The highest BCUT2D eigenvalue weighted by atomic mass is 32.2. The normalized spacial score (nSPS) is 15.3. The van der Waals surface area contributed by atoms with Gasteiger partial charge >= 0.3 is 0 Å². The summed E-state index contributed by atoms with van der Waals surface area (Å²) >= 11 is 1.43. The van der Waals surface area contributed by atoms with E-state index in [0.717, 1.165) is 35.5 Å². The van der Waals surface area contributed by atoms with E-state index < -0.39 is 0 Å². The van der Waals surface area contributed by atoms with Gasteiger partial charge in [0.05, 0.1) is 11.4 Å². The average molecular weight is 436 g/mol. The predicted octanol–water partition coefficient (Wildman–Crippen LogP) is 4.96. The number of rotatable bonds is 6. The molecule has 1 N–H and O–H groups in total. The highest BCUT2D eigenvalue weighted by Crippen LogP contribution is 2.29. The fourth-order valence-corrected chi connectivity index (χ4v) is 4.84. The van der Waals surface area contributed by atoms with Crippen LogP contribution in [0.25, 0.3) is 17.1 Å². The van der Waals surface area contributed by atoms with Gasteiger partial charge in [0, 0.05) is 24.0 Å². The van der Waals surface area contributed by atoms with Crippen molar-refractivity contribution in [1.29, 1.82) is 0 Å². The van der Waals surface area contributed by atoms with Gasteiger partial charge in [0.1, 0.15) is 0 Å². The highest BCUT2D eigenvalue weighted by molar-refractivity contribution is 7.99. The van der Waals surface area contributed by atoms with Crippen LogP contribution in [-0.2, 0) is 4.79 Å². The van der Waals surface area contributed by atoms with E-state index in [4.69, 9.17) is 0 Å². The third kappa shape index (κ3) is 5.53. The van der Waals surface area contributed by atoms with Crippen molar-refractivity contribution in [2.45, 2.75) is 63.1 Å². The molecule has 0 radical (unpaired) electrons. The molecular weight excluding hydrogens is 406 g/mol. The summed E-state index contributed by atoms with van der Waals surface area (Å²) in [4.78, 5) is 16.8. The second-order valence-electron chi connectivity index (χ2n) is 8.06. The van der Waals surface area contributed by atoms with E-state index in [1.54, 1.807) is 12.4 Å². The van der Waals surface area contributed by atoms with Crippen molar-refractivity contribution in [2.24, 2.45) is 0 Å². The van der Waals surface area contributed by atoms with Crippen molar-refractivity contribution < 1.29 is 4.79 Å². The number of pyridine rings is 1. The highest BCUT2D eigenvalue weighted by Gasteiger charge is 2.19. The Morgan fingerprint density at radius 2 is 1.74 bits per heavy atom. The van der Waals surface area contributed by atoms with Gasteiger partial charge in [0.25, 0.3) is 0 Å². The molecule has 1 amide bonds. The Bertz CT molecular complexity index is 996. The summed E-state index contributed by atoms with van der Waals surface area (Å²) in [5.74, 6) is 1.15. The summed E-state index contributed by atoms with van der Waals surface area (Å²) in [6, 6.07) is 12.3. The lowest BCUT2D eigenvalue weighted by molar-refractivity contribution is -0.119. The lowest BCUT2D eigenvalue weighted by atomic mass is 9.97. The molecule has 0 unspecified atom stereocenters. The van der Waals surface area contributed by atoms with Crippen molar-refractivity contribution >= 4 is 17.7 Å². The fourth-order valence-electron chi connectivity index (χ4n) is 4.08. The minimum absolute atomic E-state index is 0.0698. The second-order valence-corrected chi connectivity index (χ2v) is 9.00. The van der Waals surface area contributed by atoms with Crippen LogP contribution in [0.3, 0.4) is 0 Å². The van der Waals surface area contributed by atoms with Crippen molar-refractivity contribution in [3.63, 3.8) is 0 Å². The molecule has 0 aliphatic heterocycles. The maximum atomic E-state index is 12.7. The van der Waals surface area contributed by atoms with Gasteiger partial charge in [0.15, 0.2) is 11.0 Å². The van der Waals surface area contributed by atoms with E-state index in [9.17, 15) is 4.79 Å². The summed E-state index contributed by atoms with van der Waals surface area (Å²) in [7, 11) is 0. The van der Waals surface area contributed by atoms with Crippen molar-refractivity contribution in [3.05, 3.63) is 54.4 Å². The first-order valence-corrected chi connectivity index (χ1v) is 12.0. The predicted molar refractivity (Wildman–Crippen MR) is 124 cm³/mol. The van der Waals surface area contributed by atoms with Gasteiger partial charge in [-0.25, -0.2) is 0 Å². The maximum absolute atomic E-state index is 12.7. The first-order valence-electron chi connectivity index (χ1n) is 11.1. The molecule has 7 heteroatoms. The smallest absolute Gasteiger partial charge is 0.230 e. The number of amides is 1. The number of carbonyl (C=O) groups is 1. The van der Waals surface area contributed by atoms with Gasteiger partial charge in [-0.3, -0.25) is 14.3 Å². The standard InChI is InChI=1S/C24H29N5OS/c1-18-9-7-8-12-21(18)29-23(19-13-15-25-16-14-19)27-28-24(29)31-17-22(30)26-20-10-5-3-2-4-6-11-20/h7-9,12-16,20H,2-6,10-11,17H2,1H3,(H,26,30). The molecule has 3 aromatic rings. The minimum atomic E-state index is 0.0698. The van der Waals surface area contributed by atoms with E-state index in [-0.39, 0.29) is 5.91 Å². The van der Waals surface area contributed by atoms with Crippen LogP contribution in [0.1, 0.15) is 50.5 Å². The molecular formula is C24H29N5OS. The molecule has 0 atom stereocenters. The van der Waals surface area contributed by atoms with E-state index in [1.807, 2.05) is 28.8 Å². The first-order chi connectivity index (χ1) is 15.2. The topological polar surface area (TPSA) is 72.7 Å². The lowest BCUT2D eigenvalue weighted by Gasteiger charge is -2.21. The molecule has 0 spiro atoms. The summed E-state index contributed by atoms with van der Waals surface area (Å²) < 4.78 is 2.04. The first kappa shape index (κ1) is 21.6. The van der Waals surface area contributed by atoms with Gasteiger partial charge < -0.3 is 5.32 Å². The zero-order valence-electron chi connectivity index (χ0n) is 18.0. The minimum Gasteiger partial charge on any atom is -0.353 e. The molecule has 31 heavy (non-hydrogen) atoms. The number of hydrogen-bond acceptors (Lipinski definition) is 5. The van der Waals surface area contributed by atoms with Crippen LogP contribution in [0.5, 0.6) is 0 Å². The van der Waals surface area contributed by atoms with Crippen molar-refractivity contribution in [2.75, 3.05) is 5.75 Å². The number of thioether (sulfide) groups is 1. The van der Waals surface area contributed by atoms with Gasteiger partial charge in [-0.15, -0.1) is 10.2 Å². The monoisotopic (exact) mass is 435 g/mol. The van der Waals surface area contributed by atoms with Gasteiger partial charge in [-0.2, -0.15) is 0 Å². The van der Waals surface area contributed by atoms with E-state index in [0.29, 0.717) is 17.0 Å². The molecule has 2 aromatic heterocycles. The van der Waals surface area contributed by atoms with Crippen LogP contribution in [-0.4, -0.2) is 37.5 Å². The average Bonchev–Trinajstić information content (AvgIpc) is 3.19. The number of hydrogen-bond donors (Lipinski definition) is 1.